The second kappa shape index (κ2) is 9.24. The molecule has 0 aromatic heterocycles. The Morgan fingerprint density at radius 2 is 1.91 bits per heavy atom. The lowest BCUT2D eigenvalue weighted by atomic mass is 10.0. The van der Waals surface area contributed by atoms with Crippen molar-refractivity contribution in [3.63, 3.8) is 0 Å². The van der Waals surface area contributed by atoms with Crippen molar-refractivity contribution in [2.24, 2.45) is 15.9 Å². The second-order valence-corrected chi connectivity index (χ2v) is 9.36. The third-order valence-electron chi connectivity index (χ3n) is 5.27. The molecule has 2 atom stereocenters. The number of aliphatic imine (C=N–C) groups is 2. The van der Waals surface area contributed by atoms with Crippen LogP contribution in [0.2, 0.25) is 0 Å². The van der Waals surface area contributed by atoms with Gasteiger partial charge in [-0.2, -0.15) is 0 Å². The predicted octanol–water partition coefficient (Wildman–Crippen LogP) is 4.98. The van der Waals surface area contributed by atoms with Gasteiger partial charge in [0.15, 0.2) is 5.17 Å². The predicted molar refractivity (Wildman–Crippen MR) is 127 cm³/mol. The number of nitrogens with zero attached hydrogens (tertiary/aromatic N) is 3. The number of hydrogen-bond acceptors (Lipinski definition) is 5. The Hall–Kier alpha value is -3.00. The number of fused-ring (bicyclic) bond motifs is 3. The molecular formula is C24H25FN4O2S. The van der Waals surface area contributed by atoms with Crippen molar-refractivity contribution >= 4 is 46.0 Å². The van der Waals surface area contributed by atoms with Crippen LogP contribution >= 0.6 is 11.8 Å². The van der Waals surface area contributed by atoms with Gasteiger partial charge in [0.25, 0.3) is 5.91 Å². The first kappa shape index (κ1) is 22.2. The summed E-state index contributed by atoms with van der Waals surface area (Å²) in [6.45, 7) is 6.03. The number of hydrogen-bond donors (Lipinski definition) is 1. The van der Waals surface area contributed by atoms with Gasteiger partial charge in [-0.15, -0.1) is 0 Å². The molecule has 0 radical (unpaired) electrons. The molecule has 0 unspecified atom stereocenters. The fraction of sp³-hybridized carbons (Fsp3) is 0.333. The average molecular weight is 453 g/mol. The summed E-state index contributed by atoms with van der Waals surface area (Å²) in [4.78, 5) is 37.2. The highest BCUT2D eigenvalue weighted by molar-refractivity contribution is 8.15. The van der Waals surface area contributed by atoms with Crippen molar-refractivity contribution in [3.05, 3.63) is 59.9 Å². The smallest absolute Gasteiger partial charge is 0.259 e. The molecule has 166 valence electrons. The minimum absolute atomic E-state index is 0.108. The zero-order valence-electron chi connectivity index (χ0n) is 18.2. The summed E-state index contributed by atoms with van der Waals surface area (Å²) >= 11 is 1.25. The number of para-hydroxylation sites is 1. The van der Waals surface area contributed by atoms with E-state index in [0.717, 1.165) is 11.3 Å². The summed E-state index contributed by atoms with van der Waals surface area (Å²) < 4.78 is 13.2. The van der Waals surface area contributed by atoms with Crippen LogP contribution in [0.5, 0.6) is 0 Å². The van der Waals surface area contributed by atoms with Crippen molar-refractivity contribution in [1.29, 1.82) is 0 Å². The lowest BCUT2D eigenvalue weighted by molar-refractivity contribution is -0.125. The molecule has 0 fully saturated rings. The number of thioether (sulfide) groups is 1. The molecular weight excluding hydrogens is 427 g/mol. The lowest BCUT2D eigenvalue weighted by Gasteiger charge is -2.27. The molecule has 2 heterocycles. The molecule has 2 aromatic carbocycles. The molecule has 0 aliphatic carbocycles. The maximum absolute atomic E-state index is 13.2. The number of amides is 2. The quantitative estimate of drug-likeness (QED) is 0.672. The number of anilines is 1. The first-order valence-electron chi connectivity index (χ1n) is 10.7. The largest absolute Gasteiger partial charge is 0.325 e. The van der Waals surface area contributed by atoms with E-state index in [9.17, 15) is 14.0 Å². The lowest BCUT2D eigenvalue weighted by Crippen LogP contribution is -2.42. The number of amidine groups is 2. The molecule has 2 amide bonds. The minimum Gasteiger partial charge on any atom is -0.325 e. The summed E-state index contributed by atoms with van der Waals surface area (Å²) in [5, 5.41) is 2.79. The summed E-state index contributed by atoms with van der Waals surface area (Å²) in [6, 6.07) is 12.8. The van der Waals surface area contributed by atoms with Crippen molar-refractivity contribution < 1.29 is 14.0 Å². The number of halogens is 1. The van der Waals surface area contributed by atoms with Crippen LogP contribution in [-0.2, 0) is 9.59 Å². The van der Waals surface area contributed by atoms with Gasteiger partial charge in [-0.3, -0.25) is 14.6 Å². The van der Waals surface area contributed by atoms with Crippen LogP contribution in [0.3, 0.4) is 0 Å². The molecule has 8 heteroatoms. The number of nitrogens with one attached hydrogen (secondary N) is 1. The summed E-state index contributed by atoms with van der Waals surface area (Å²) in [6.07, 6.45) is 1.18. The number of benzene rings is 2. The zero-order valence-corrected chi connectivity index (χ0v) is 19.0. The zero-order chi connectivity index (χ0) is 22.8. The topological polar surface area (TPSA) is 74.1 Å². The van der Waals surface area contributed by atoms with Crippen LogP contribution in [0.4, 0.5) is 15.8 Å². The van der Waals surface area contributed by atoms with Crippen LogP contribution in [0.1, 0.15) is 39.2 Å². The first-order chi connectivity index (χ1) is 15.4. The molecule has 4 rings (SSSR count). The van der Waals surface area contributed by atoms with Gasteiger partial charge in [0.1, 0.15) is 17.7 Å². The molecule has 6 nitrogen and oxygen atoms in total. The second-order valence-electron chi connectivity index (χ2n) is 8.19. The molecule has 0 bridgehead atoms. The maximum atomic E-state index is 13.2. The van der Waals surface area contributed by atoms with E-state index >= 15 is 0 Å². The van der Waals surface area contributed by atoms with E-state index in [1.54, 1.807) is 4.90 Å². The Labute approximate surface area is 191 Å². The van der Waals surface area contributed by atoms with Gasteiger partial charge in [0, 0.05) is 11.3 Å². The van der Waals surface area contributed by atoms with E-state index in [-0.39, 0.29) is 17.6 Å². The molecule has 1 N–H and O–H groups in total. The molecule has 0 saturated heterocycles. The van der Waals surface area contributed by atoms with E-state index in [4.69, 9.17) is 9.98 Å². The molecule has 2 aliphatic rings. The Balaban J connectivity index is 1.61. The van der Waals surface area contributed by atoms with Crippen LogP contribution in [0, 0.1) is 11.7 Å². The van der Waals surface area contributed by atoms with E-state index in [1.807, 2.05) is 31.2 Å². The summed E-state index contributed by atoms with van der Waals surface area (Å²) in [5.41, 5.74) is 2.07. The fourth-order valence-electron chi connectivity index (χ4n) is 3.69. The van der Waals surface area contributed by atoms with E-state index in [1.165, 1.54) is 36.0 Å². The van der Waals surface area contributed by atoms with Gasteiger partial charge in [-0.1, -0.05) is 44.7 Å². The first-order valence-corrected chi connectivity index (χ1v) is 11.6. The monoisotopic (exact) mass is 452 g/mol. The van der Waals surface area contributed by atoms with Gasteiger partial charge >= 0.3 is 0 Å². The van der Waals surface area contributed by atoms with Gasteiger partial charge in [-0.05, 0) is 55.2 Å². The Kier molecular flexibility index (Phi) is 6.41. The molecule has 0 spiro atoms. The van der Waals surface area contributed by atoms with Crippen molar-refractivity contribution in [1.82, 2.24) is 4.90 Å². The number of carbonyl (C=O) groups is 2. The third kappa shape index (κ3) is 4.46. The number of rotatable bonds is 6. The van der Waals surface area contributed by atoms with E-state index in [2.05, 4.69) is 19.2 Å². The normalized spacial score (nSPS) is 18.1. The minimum atomic E-state index is -0.484. The molecule has 2 aliphatic heterocycles. The van der Waals surface area contributed by atoms with Crippen LogP contribution in [0.25, 0.3) is 0 Å². The standard InChI is InChI=1S/C24H25FN4O2S/c1-4-20(22(30)26-16-11-9-15(25)10-12-16)32-24-28-18-8-6-5-7-17(18)21-27-19(13-14(2)3)23(31)29(21)24/h5-12,14,19-20H,4,13H2,1-3H3,(H,26,30)/t19-,20+/m1/s1. The van der Waals surface area contributed by atoms with E-state index < -0.39 is 11.3 Å². The highest BCUT2D eigenvalue weighted by atomic mass is 32.2. The summed E-state index contributed by atoms with van der Waals surface area (Å²) in [5.74, 6) is 0.220. The third-order valence-corrected chi connectivity index (χ3v) is 6.58. The highest BCUT2D eigenvalue weighted by Crippen LogP contribution is 2.36. The van der Waals surface area contributed by atoms with Crippen LogP contribution < -0.4 is 5.32 Å². The highest BCUT2D eigenvalue weighted by Gasteiger charge is 2.42. The Bertz CT molecular complexity index is 1100. The van der Waals surface area contributed by atoms with Gasteiger partial charge < -0.3 is 5.32 Å². The van der Waals surface area contributed by atoms with Crippen molar-refractivity contribution in [2.45, 2.75) is 44.9 Å². The average Bonchev–Trinajstić information content (AvgIpc) is 3.09. The summed E-state index contributed by atoms with van der Waals surface area (Å²) in [7, 11) is 0. The molecule has 0 saturated carbocycles. The fourth-order valence-corrected chi connectivity index (χ4v) is 4.71. The van der Waals surface area contributed by atoms with Gasteiger partial charge in [0.2, 0.25) is 5.91 Å². The SMILES string of the molecule is CC[C@H](SC1=Nc2ccccc2C2=N[C@H](CC(C)C)C(=O)N12)C(=O)Nc1ccc(F)cc1. The van der Waals surface area contributed by atoms with E-state index in [0.29, 0.717) is 35.5 Å². The molecule has 32 heavy (non-hydrogen) atoms. The Morgan fingerprint density at radius 3 is 2.59 bits per heavy atom. The van der Waals surface area contributed by atoms with Crippen molar-refractivity contribution in [2.75, 3.05) is 5.32 Å². The van der Waals surface area contributed by atoms with Crippen LogP contribution in [0.15, 0.2) is 58.5 Å². The van der Waals surface area contributed by atoms with Crippen LogP contribution in [-0.4, -0.2) is 39.0 Å². The maximum Gasteiger partial charge on any atom is 0.259 e. The van der Waals surface area contributed by atoms with Crippen molar-refractivity contribution in [3.8, 4) is 0 Å². The molecule has 2 aromatic rings. The van der Waals surface area contributed by atoms with Gasteiger partial charge in [-0.25, -0.2) is 14.3 Å². The number of carbonyl (C=O) groups excluding carboxylic acids is 2. The van der Waals surface area contributed by atoms with Gasteiger partial charge in [0.05, 0.1) is 10.9 Å². The Morgan fingerprint density at radius 1 is 1.19 bits per heavy atom.